The van der Waals surface area contributed by atoms with E-state index in [4.69, 9.17) is 4.74 Å². The molecule has 0 radical (unpaired) electrons. The largest absolute Gasteiger partial charge is 0.489 e. The van der Waals surface area contributed by atoms with Crippen LogP contribution in [0.15, 0.2) is 66.6 Å². The van der Waals surface area contributed by atoms with Crippen LogP contribution in [0, 0.1) is 5.82 Å². The second-order valence-corrected chi connectivity index (χ2v) is 7.22. The molecule has 2 aromatic carbocycles. The molecule has 0 fully saturated rings. The number of fused-ring (bicyclic) bond motifs is 1. The predicted octanol–water partition coefficient (Wildman–Crippen LogP) is 5.59. The fraction of sp³-hybridized carbons (Fsp3) is 0.136. The Morgan fingerprint density at radius 2 is 1.96 bits per heavy atom. The molecule has 136 valence electrons. The summed E-state index contributed by atoms with van der Waals surface area (Å²) in [6.07, 6.45) is 2.02. The molecule has 3 aromatic rings. The molecule has 0 saturated carbocycles. The molecule has 0 saturated heterocycles. The number of anilines is 1. The number of halogens is 1. The summed E-state index contributed by atoms with van der Waals surface area (Å²) < 4.78 is 20.1. The first kappa shape index (κ1) is 17.5. The maximum Gasteiger partial charge on any atom is 0.225 e. The fourth-order valence-electron chi connectivity index (χ4n) is 3.40. The van der Waals surface area contributed by atoms with Gasteiger partial charge in [0.15, 0.2) is 0 Å². The van der Waals surface area contributed by atoms with Crippen molar-refractivity contribution in [2.75, 3.05) is 11.9 Å². The van der Waals surface area contributed by atoms with E-state index in [0.29, 0.717) is 24.3 Å². The molecule has 3 nitrogen and oxygen atoms in total. The second kappa shape index (κ2) is 7.37. The van der Waals surface area contributed by atoms with E-state index in [2.05, 4.69) is 11.9 Å². The van der Waals surface area contributed by atoms with Crippen molar-refractivity contribution in [1.82, 2.24) is 0 Å². The van der Waals surface area contributed by atoms with Crippen molar-refractivity contribution in [3.63, 3.8) is 0 Å². The number of rotatable bonds is 5. The van der Waals surface area contributed by atoms with Gasteiger partial charge < -0.3 is 10.1 Å². The van der Waals surface area contributed by atoms with Crippen molar-refractivity contribution in [3.05, 3.63) is 82.8 Å². The topological polar surface area (TPSA) is 38.3 Å². The Kier molecular flexibility index (Phi) is 4.77. The van der Waals surface area contributed by atoms with E-state index >= 15 is 0 Å². The van der Waals surface area contributed by atoms with Crippen LogP contribution >= 0.6 is 11.3 Å². The monoisotopic (exact) mass is 379 g/mol. The van der Waals surface area contributed by atoms with Gasteiger partial charge in [-0.2, -0.15) is 0 Å². The number of carbonyl (C=O) groups is 1. The summed E-state index contributed by atoms with van der Waals surface area (Å²) in [5, 5.41) is 4.86. The molecule has 1 atom stereocenters. The van der Waals surface area contributed by atoms with Crippen LogP contribution in [0.3, 0.4) is 0 Å². The molecular weight excluding hydrogens is 361 g/mol. The van der Waals surface area contributed by atoms with Crippen LogP contribution in [0.5, 0.6) is 5.75 Å². The molecule has 1 amide bonds. The average molecular weight is 379 g/mol. The summed E-state index contributed by atoms with van der Waals surface area (Å²) in [5.74, 6) is 0.232. The van der Waals surface area contributed by atoms with Gasteiger partial charge in [-0.1, -0.05) is 49.1 Å². The summed E-state index contributed by atoms with van der Waals surface area (Å²) in [7, 11) is 0. The molecule has 5 heteroatoms. The average Bonchev–Trinajstić information content (AvgIpc) is 3.10. The smallest absolute Gasteiger partial charge is 0.225 e. The van der Waals surface area contributed by atoms with Crippen LogP contribution in [0.25, 0.3) is 11.1 Å². The van der Waals surface area contributed by atoms with Crippen molar-refractivity contribution < 1.29 is 13.9 Å². The van der Waals surface area contributed by atoms with Gasteiger partial charge in [0.2, 0.25) is 5.91 Å². The van der Waals surface area contributed by atoms with E-state index < -0.39 is 0 Å². The molecule has 0 aliphatic carbocycles. The van der Waals surface area contributed by atoms with Gasteiger partial charge >= 0.3 is 0 Å². The van der Waals surface area contributed by atoms with Crippen molar-refractivity contribution in [1.29, 1.82) is 0 Å². The zero-order valence-electron chi connectivity index (χ0n) is 14.6. The highest BCUT2D eigenvalue weighted by molar-refractivity contribution is 7.11. The van der Waals surface area contributed by atoms with Gasteiger partial charge in [-0.3, -0.25) is 4.79 Å². The summed E-state index contributed by atoms with van der Waals surface area (Å²) in [6.45, 7) is 4.09. The Labute approximate surface area is 161 Å². The molecule has 4 rings (SSSR count). The van der Waals surface area contributed by atoms with Gasteiger partial charge in [0.05, 0.1) is 5.69 Å². The van der Waals surface area contributed by atoms with Crippen LogP contribution in [0.1, 0.15) is 22.8 Å². The van der Waals surface area contributed by atoms with E-state index in [1.807, 2.05) is 29.6 Å². The summed E-state index contributed by atoms with van der Waals surface area (Å²) >= 11 is 1.54. The lowest BCUT2D eigenvalue weighted by molar-refractivity contribution is -0.116. The molecule has 1 aliphatic rings. The molecule has 27 heavy (non-hydrogen) atoms. The first-order valence-corrected chi connectivity index (χ1v) is 9.55. The van der Waals surface area contributed by atoms with Crippen molar-refractivity contribution in [2.45, 2.75) is 12.3 Å². The van der Waals surface area contributed by atoms with E-state index in [-0.39, 0.29) is 17.6 Å². The van der Waals surface area contributed by atoms with Crippen molar-refractivity contribution in [2.24, 2.45) is 0 Å². The zero-order chi connectivity index (χ0) is 18.8. The quantitative estimate of drug-likeness (QED) is 0.587. The van der Waals surface area contributed by atoms with Gasteiger partial charge in [-0.15, -0.1) is 11.3 Å². The van der Waals surface area contributed by atoms with Gasteiger partial charge in [-0.05, 0) is 12.1 Å². The Morgan fingerprint density at radius 3 is 2.78 bits per heavy atom. The van der Waals surface area contributed by atoms with E-state index in [1.165, 1.54) is 17.4 Å². The normalized spacial score (nSPS) is 15.7. The van der Waals surface area contributed by atoms with Crippen molar-refractivity contribution in [3.8, 4) is 16.9 Å². The minimum absolute atomic E-state index is 0.0815. The third-order valence-electron chi connectivity index (χ3n) is 4.61. The summed E-state index contributed by atoms with van der Waals surface area (Å²) in [5.41, 5.74) is 2.87. The fourth-order valence-corrected chi connectivity index (χ4v) is 4.55. The minimum Gasteiger partial charge on any atom is -0.489 e. The number of hydrogen-bond acceptors (Lipinski definition) is 3. The Hall–Kier alpha value is -2.92. The maximum absolute atomic E-state index is 14.3. The zero-order valence-corrected chi connectivity index (χ0v) is 15.4. The number of benzene rings is 2. The van der Waals surface area contributed by atoms with E-state index in [9.17, 15) is 9.18 Å². The van der Waals surface area contributed by atoms with Gasteiger partial charge in [0.25, 0.3) is 0 Å². The Bertz CT molecular complexity index is 1010. The van der Waals surface area contributed by atoms with Crippen molar-refractivity contribution >= 4 is 22.9 Å². The van der Waals surface area contributed by atoms with Gasteiger partial charge in [-0.25, -0.2) is 4.39 Å². The highest BCUT2D eigenvalue weighted by Gasteiger charge is 2.32. The maximum atomic E-state index is 14.3. The van der Waals surface area contributed by atoms with Crippen LogP contribution in [0.2, 0.25) is 0 Å². The standard InChI is InChI=1S/C22H18FNO2S/c1-2-11-26-19-10-6-4-8-15(19)16-12-20(25)24-21-17(13-27-22(16)21)14-7-3-5-9-18(14)23/h2-10,13,16H,1,11-12H2,(H,24,25)/t16-/m1/s1. The number of thiophene rings is 1. The summed E-state index contributed by atoms with van der Waals surface area (Å²) in [4.78, 5) is 13.5. The van der Waals surface area contributed by atoms with E-state index in [0.717, 1.165) is 21.8 Å². The number of hydrogen-bond donors (Lipinski definition) is 1. The molecule has 1 aromatic heterocycles. The Balaban J connectivity index is 1.81. The van der Waals surface area contributed by atoms with Crippen LogP contribution in [0.4, 0.5) is 10.1 Å². The molecule has 1 aliphatic heterocycles. The lowest BCUT2D eigenvalue weighted by Crippen LogP contribution is -2.23. The third kappa shape index (κ3) is 3.26. The lowest BCUT2D eigenvalue weighted by atomic mass is 9.88. The third-order valence-corrected chi connectivity index (χ3v) is 5.70. The highest BCUT2D eigenvalue weighted by Crippen LogP contribution is 2.48. The van der Waals surface area contributed by atoms with Crippen LogP contribution < -0.4 is 10.1 Å². The lowest BCUT2D eigenvalue weighted by Gasteiger charge is -2.25. The first-order valence-electron chi connectivity index (χ1n) is 8.67. The molecule has 1 N–H and O–H groups in total. The van der Waals surface area contributed by atoms with Crippen LogP contribution in [-0.2, 0) is 4.79 Å². The first-order chi connectivity index (χ1) is 13.2. The van der Waals surface area contributed by atoms with E-state index in [1.54, 1.807) is 24.3 Å². The molecule has 2 heterocycles. The number of carbonyl (C=O) groups excluding carboxylic acids is 1. The number of amides is 1. The molecule has 0 unspecified atom stereocenters. The summed E-state index contributed by atoms with van der Waals surface area (Å²) in [6, 6.07) is 14.3. The molecule has 0 spiro atoms. The second-order valence-electron chi connectivity index (χ2n) is 6.31. The van der Waals surface area contributed by atoms with Gasteiger partial charge in [0.1, 0.15) is 18.2 Å². The number of ether oxygens (including phenoxy) is 1. The minimum atomic E-state index is -0.302. The number of para-hydroxylation sites is 1. The Morgan fingerprint density at radius 1 is 1.19 bits per heavy atom. The molecule has 0 bridgehead atoms. The SMILES string of the molecule is C=CCOc1ccccc1[C@H]1CC(=O)Nc2c(-c3ccccc3F)csc21. The van der Waals surface area contributed by atoms with Crippen LogP contribution in [-0.4, -0.2) is 12.5 Å². The molecular formula is C22H18FNO2S. The van der Waals surface area contributed by atoms with Gasteiger partial charge in [0, 0.05) is 39.3 Å². The predicted molar refractivity (Wildman–Crippen MR) is 107 cm³/mol. The number of nitrogens with one attached hydrogen (secondary N) is 1. The highest BCUT2D eigenvalue weighted by atomic mass is 32.1.